The van der Waals surface area contributed by atoms with Crippen LogP contribution in [0.2, 0.25) is 0 Å². The highest BCUT2D eigenvalue weighted by atomic mass is 32.1. The van der Waals surface area contributed by atoms with Gasteiger partial charge in [0.15, 0.2) is 0 Å². The second-order valence-electron chi connectivity index (χ2n) is 7.85. The van der Waals surface area contributed by atoms with E-state index in [0.717, 1.165) is 5.56 Å². The van der Waals surface area contributed by atoms with Crippen molar-refractivity contribution in [3.05, 3.63) is 96.1 Å². The molecule has 3 aromatic carbocycles. The molecule has 0 aliphatic carbocycles. The second-order valence-corrected chi connectivity index (χ2v) is 10.3. The first-order chi connectivity index (χ1) is 13.4. The molecule has 0 fully saturated rings. The fraction of sp³-hybridized carbons (Fsp3) is 0.208. The molecule has 0 bridgehead atoms. The minimum atomic E-state index is -1.44. The molecule has 1 atom stereocenters. The van der Waals surface area contributed by atoms with Crippen LogP contribution in [0.15, 0.2) is 84.9 Å². The molecule has 0 N–H and O–H groups in total. The molecule has 0 aliphatic heterocycles. The summed E-state index contributed by atoms with van der Waals surface area (Å²) in [5.41, 5.74) is 1.56. The van der Waals surface area contributed by atoms with Gasteiger partial charge >= 0.3 is 0 Å². The summed E-state index contributed by atoms with van der Waals surface area (Å²) in [5.74, 6) is 0. The molecule has 2 nitrogen and oxygen atoms in total. The maximum Gasteiger partial charge on any atom is 0.283 e. The van der Waals surface area contributed by atoms with Crippen molar-refractivity contribution in [2.45, 2.75) is 26.9 Å². The van der Waals surface area contributed by atoms with E-state index in [1.54, 1.807) is 0 Å². The van der Waals surface area contributed by atoms with Crippen LogP contribution in [0.5, 0.6) is 0 Å². The maximum atomic E-state index is 11.5. The fourth-order valence-corrected chi connectivity index (χ4v) is 5.62. The van der Waals surface area contributed by atoms with E-state index < -0.39 is 9.04 Å². The minimum Gasteiger partial charge on any atom is -0.400 e. The van der Waals surface area contributed by atoms with Gasteiger partial charge in [-0.3, -0.25) is 4.79 Å². The van der Waals surface area contributed by atoms with Crippen molar-refractivity contribution in [2.75, 3.05) is 0 Å². The molecular formula is C24H25O2SSi. The molecule has 0 saturated heterocycles. The lowest BCUT2D eigenvalue weighted by Gasteiger charge is -2.34. The zero-order valence-electron chi connectivity index (χ0n) is 16.4. The van der Waals surface area contributed by atoms with Crippen LogP contribution in [0.25, 0.3) is 0 Å². The third kappa shape index (κ3) is 5.01. The molecule has 0 spiro atoms. The standard InChI is InChI=1S/C24H25O2SSi/c1-24(2,3)22(18-14-16-19(17-15-18)23(25)27)26-28(20-10-6-4-7-11-20)21-12-8-5-9-13-21/h4-17,22H,1-3H3,(H,25,27). The van der Waals surface area contributed by atoms with Gasteiger partial charge in [-0.1, -0.05) is 106 Å². The smallest absolute Gasteiger partial charge is 0.283 e. The Kier molecular flexibility index (Phi) is 6.55. The van der Waals surface area contributed by atoms with Crippen LogP contribution in [-0.2, 0) is 4.43 Å². The summed E-state index contributed by atoms with van der Waals surface area (Å²) in [6.45, 7) is 6.56. The summed E-state index contributed by atoms with van der Waals surface area (Å²) in [4.78, 5) is 11.5. The topological polar surface area (TPSA) is 26.3 Å². The van der Waals surface area contributed by atoms with Gasteiger partial charge in [0.25, 0.3) is 9.04 Å². The Morgan fingerprint density at radius 1 is 0.821 bits per heavy atom. The maximum absolute atomic E-state index is 11.5. The Bertz CT molecular complexity index is 863. The molecule has 0 aromatic heterocycles. The van der Waals surface area contributed by atoms with Crippen molar-refractivity contribution < 1.29 is 9.22 Å². The number of carbonyl (C=O) groups is 1. The van der Waals surface area contributed by atoms with Gasteiger partial charge in [0, 0.05) is 5.56 Å². The lowest BCUT2D eigenvalue weighted by molar-refractivity contribution is 0.0896. The van der Waals surface area contributed by atoms with E-state index in [-0.39, 0.29) is 16.6 Å². The zero-order chi connectivity index (χ0) is 20.1. The lowest BCUT2D eigenvalue weighted by atomic mass is 9.84. The van der Waals surface area contributed by atoms with Crippen molar-refractivity contribution in [1.82, 2.24) is 0 Å². The molecule has 0 heterocycles. The van der Waals surface area contributed by atoms with Crippen LogP contribution in [0.3, 0.4) is 0 Å². The predicted octanol–water partition coefficient (Wildman–Crippen LogP) is 4.67. The molecule has 0 aliphatic rings. The molecule has 1 unspecified atom stereocenters. The van der Waals surface area contributed by atoms with Crippen molar-refractivity contribution in [2.24, 2.45) is 5.41 Å². The summed E-state index contributed by atoms with van der Waals surface area (Å²) in [6, 6.07) is 28.5. The minimum absolute atomic E-state index is 0.105. The van der Waals surface area contributed by atoms with Gasteiger partial charge in [0.05, 0.1) is 6.10 Å². The fourth-order valence-electron chi connectivity index (χ4n) is 3.14. The molecule has 0 saturated carbocycles. The Morgan fingerprint density at radius 3 is 1.68 bits per heavy atom. The van der Waals surface area contributed by atoms with E-state index in [4.69, 9.17) is 4.43 Å². The van der Waals surface area contributed by atoms with Crippen LogP contribution >= 0.6 is 12.6 Å². The van der Waals surface area contributed by atoms with E-state index in [1.807, 2.05) is 36.4 Å². The molecular weight excluding hydrogens is 380 g/mol. The summed E-state index contributed by atoms with van der Waals surface area (Å²) in [7, 11) is -1.44. The average molecular weight is 406 g/mol. The Labute approximate surface area is 174 Å². The average Bonchev–Trinajstić information content (AvgIpc) is 2.69. The highest BCUT2D eigenvalue weighted by molar-refractivity contribution is 7.97. The van der Waals surface area contributed by atoms with Gasteiger partial charge in [-0.15, -0.1) is 12.6 Å². The van der Waals surface area contributed by atoms with E-state index in [2.05, 4.69) is 81.9 Å². The molecule has 3 rings (SSSR count). The summed E-state index contributed by atoms with van der Waals surface area (Å²) >= 11 is 3.92. The monoisotopic (exact) mass is 405 g/mol. The van der Waals surface area contributed by atoms with E-state index in [1.165, 1.54) is 10.4 Å². The largest absolute Gasteiger partial charge is 0.400 e. The highest BCUT2D eigenvalue weighted by Crippen LogP contribution is 2.36. The third-order valence-corrected chi connectivity index (χ3v) is 7.00. The van der Waals surface area contributed by atoms with Crippen LogP contribution in [-0.4, -0.2) is 14.2 Å². The predicted molar refractivity (Wildman–Crippen MR) is 121 cm³/mol. The van der Waals surface area contributed by atoms with Crippen molar-refractivity contribution in [3.8, 4) is 0 Å². The molecule has 0 amide bonds. The molecule has 28 heavy (non-hydrogen) atoms. The SMILES string of the molecule is CC(C)(C)C(O[Si](c1ccccc1)c1ccccc1)c1ccc(C(=O)S)cc1. The Balaban J connectivity index is 2.00. The first-order valence-corrected chi connectivity index (χ1v) is 11.2. The summed E-state index contributed by atoms with van der Waals surface area (Å²) in [6.07, 6.45) is -0.106. The molecule has 4 heteroatoms. The van der Waals surface area contributed by atoms with Crippen molar-refractivity contribution >= 4 is 37.2 Å². The number of thiol groups is 1. The number of carbonyl (C=O) groups excluding carboxylic acids is 1. The number of benzene rings is 3. The highest BCUT2D eigenvalue weighted by Gasteiger charge is 2.32. The number of hydrogen-bond donors (Lipinski definition) is 1. The normalized spacial score (nSPS) is 12.8. The van der Waals surface area contributed by atoms with Gasteiger partial charge in [-0.05, 0) is 21.4 Å². The van der Waals surface area contributed by atoms with Crippen molar-refractivity contribution in [1.29, 1.82) is 0 Å². The second kappa shape index (κ2) is 8.91. The van der Waals surface area contributed by atoms with Crippen LogP contribution < -0.4 is 10.4 Å². The van der Waals surface area contributed by atoms with Gasteiger partial charge in [-0.25, -0.2) is 0 Å². The molecule has 1 radical (unpaired) electrons. The Hall–Kier alpha value is -2.14. The first-order valence-electron chi connectivity index (χ1n) is 9.34. The third-order valence-electron chi connectivity index (χ3n) is 4.55. The van der Waals surface area contributed by atoms with Crippen LogP contribution in [0, 0.1) is 5.41 Å². The van der Waals surface area contributed by atoms with Crippen LogP contribution in [0.1, 0.15) is 42.8 Å². The zero-order valence-corrected chi connectivity index (χ0v) is 18.3. The molecule has 3 aromatic rings. The van der Waals surface area contributed by atoms with Gasteiger partial charge in [0.2, 0.25) is 5.12 Å². The lowest BCUT2D eigenvalue weighted by Crippen LogP contribution is -2.47. The van der Waals surface area contributed by atoms with E-state index >= 15 is 0 Å². The summed E-state index contributed by atoms with van der Waals surface area (Å²) in [5, 5.41) is 2.21. The summed E-state index contributed by atoms with van der Waals surface area (Å²) < 4.78 is 6.87. The molecule has 143 valence electrons. The quantitative estimate of drug-likeness (QED) is 0.477. The number of rotatable bonds is 6. The Morgan fingerprint density at radius 2 is 1.29 bits per heavy atom. The van der Waals surface area contributed by atoms with Gasteiger partial charge in [0.1, 0.15) is 0 Å². The van der Waals surface area contributed by atoms with Gasteiger partial charge < -0.3 is 4.43 Å². The van der Waals surface area contributed by atoms with E-state index in [0.29, 0.717) is 5.56 Å². The van der Waals surface area contributed by atoms with E-state index in [9.17, 15) is 4.79 Å². The number of hydrogen-bond acceptors (Lipinski definition) is 2. The first kappa shape index (κ1) is 20.6. The van der Waals surface area contributed by atoms with Crippen LogP contribution in [0.4, 0.5) is 0 Å². The van der Waals surface area contributed by atoms with Gasteiger partial charge in [-0.2, -0.15) is 0 Å². The van der Waals surface area contributed by atoms with Crippen molar-refractivity contribution in [3.63, 3.8) is 0 Å².